The van der Waals surface area contributed by atoms with E-state index in [1.54, 1.807) is 0 Å². The van der Waals surface area contributed by atoms with Crippen LogP contribution in [-0.4, -0.2) is 21.7 Å². The van der Waals surface area contributed by atoms with E-state index >= 15 is 0 Å². The van der Waals surface area contributed by atoms with Crippen molar-refractivity contribution in [1.29, 1.82) is 0 Å². The molecule has 0 bridgehead atoms. The van der Waals surface area contributed by atoms with Gasteiger partial charge in [0.2, 0.25) is 5.91 Å². The fourth-order valence-electron chi connectivity index (χ4n) is 3.33. The van der Waals surface area contributed by atoms with Gasteiger partial charge in [0.25, 0.3) is 0 Å². The number of carbonyl (C=O) groups is 1. The van der Waals surface area contributed by atoms with Crippen LogP contribution >= 0.6 is 0 Å². The van der Waals surface area contributed by atoms with Crippen LogP contribution in [0.3, 0.4) is 0 Å². The second kappa shape index (κ2) is 5.88. The van der Waals surface area contributed by atoms with Crippen LogP contribution < -0.4 is 5.32 Å². The van der Waals surface area contributed by atoms with Crippen LogP contribution in [0.15, 0.2) is 24.3 Å². The van der Waals surface area contributed by atoms with E-state index in [4.69, 9.17) is 0 Å². The van der Waals surface area contributed by atoms with E-state index in [1.165, 1.54) is 19.3 Å². The van der Waals surface area contributed by atoms with Crippen LogP contribution in [0.1, 0.15) is 38.3 Å². The van der Waals surface area contributed by atoms with Crippen molar-refractivity contribution in [2.75, 3.05) is 0 Å². The largest absolute Gasteiger partial charge is 0.351 e. The minimum Gasteiger partial charge on any atom is -0.351 e. The van der Waals surface area contributed by atoms with E-state index in [0.717, 1.165) is 23.0 Å². The molecular formula is C17H23N3O. The van der Waals surface area contributed by atoms with Crippen LogP contribution in [0.5, 0.6) is 0 Å². The van der Waals surface area contributed by atoms with Crippen molar-refractivity contribution < 1.29 is 4.79 Å². The van der Waals surface area contributed by atoms with Crippen LogP contribution in [0, 0.1) is 12.8 Å². The number of aromatic nitrogens is 2. The first kappa shape index (κ1) is 14.1. The van der Waals surface area contributed by atoms with Crippen LogP contribution in [0.25, 0.3) is 10.9 Å². The molecule has 1 aromatic carbocycles. The number of fused-ring (bicyclic) bond motifs is 1. The molecule has 0 saturated heterocycles. The third kappa shape index (κ3) is 2.94. The zero-order valence-corrected chi connectivity index (χ0v) is 12.8. The van der Waals surface area contributed by atoms with E-state index < -0.39 is 0 Å². The van der Waals surface area contributed by atoms with Gasteiger partial charge in [-0.2, -0.15) is 5.10 Å². The van der Waals surface area contributed by atoms with Crippen LogP contribution in [0.2, 0.25) is 0 Å². The summed E-state index contributed by atoms with van der Waals surface area (Å²) in [6.07, 6.45) is 4.83. The molecule has 1 fully saturated rings. The highest BCUT2D eigenvalue weighted by molar-refractivity contribution is 5.84. The number of nitrogens with one attached hydrogen (secondary N) is 1. The van der Waals surface area contributed by atoms with Crippen LogP contribution in [-0.2, 0) is 11.3 Å². The number of hydrogen-bond acceptors (Lipinski definition) is 2. The number of para-hydroxylation sites is 1. The average Bonchev–Trinajstić information content (AvgIpc) is 2.79. The standard InChI is InChI=1S/C17H23N3O/c1-12-7-3-5-9-15(12)18-17(21)11-20-16-10-6-4-8-14(16)13(2)19-20/h4,6,8,10,12,15H,3,5,7,9,11H2,1-2H3,(H,18,21)/t12-,15-/m0/s1. The quantitative estimate of drug-likeness (QED) is 0.942. The molecule has 1 aliphatic rings. The van der Waals surface area contributed by atoms with Gasteiger partial charge < -0.3 is 5.32 Å². The monoisotopic (exact) mass is 285 g/mol. The highest BCUT2D eigenvalue weighted by Crippen LogP contribution is 2.24. The van der Waals surface area contributed by atoms with Crippen molar-refractivity contribution in [2.24, 2.45) is 5.92 Å². The number of carbonyl (C=O) groups excluding carboxylic acids is 1. The van der Waals surface area contributed by atoms with Gasteiger partial charge in [0.15, 0.2) is 0 Å². The summed E-state index contributed by atoms with van der Waals surface area (Å²) in [5, 5.41) is 8.81. The molecule has 1 aliphatic carbocycles. The van der Waals surface area contributed by atoms with Crippen molar-refractivity contribution in [3.63, 3.8) is 0 Å². The Labute approximate surface area is 125 Å². The molecule has 0 unspecified atom stereocenters. The first-order valence-electron chi connectivity index (χ1n) is 7.86. The third-order valence-corrected chi connectivity index (χ3v) is 4.59. The summed E-state index contributed by atoms with van der Waals surface area (Å²) in [5.41, 5.74) is 2.01. The van der Waals surface area contributed by atoms with Gasteiger partial charge in [0, 0.05) is 11.4 Å². The Kier molecular flexibility index (Phi) is 3.95. The predicted molar refractivity (Wildman–Crippen MR) is 84.0 cm³/mol. The topological polar surface area (TPSA) is 46.9 Å². The lowest BCUT2D eigenvalue weighted by molar-refractivity contribution is -0.123. The Balaban J connectivity index is 1.71. The fraction of sp³-hybridized carbons (Fsp3) is 0.529. The molecule has 0 aliphatic heterocycles. The zero-order valence-electron chi connectivity index (χ0n) is 12.8. The van der Waals surface area contributed by atoms with Crippen molar-refractivity contribution in [3.05, 3.63) is 30.0 Å². The molecule has 1 N–H and O–H groups in total. The maximum atomic E-state index is 12.3. The summed E-state index contributed by atoms with van der Waals surface area (Å²) < 4.78 is 1.81. The molecular weight excluding hydrogens is 262 g/mol. The Morgan fingerprint density at radius 1 is 1.33 bits per heavy atom. The normalized spacial score (nSPS) is 22.4. The predicted octanol–water partition coefficient (Wildman–Crippen LogP) is 3.04. The number of rotatable bonds is 3. The molecule has 1 saturated carbocycles. The third-order valence-electron chi connectivity index (χ3n) is 4.59. The summed E-state index contributed by atoms with van der Waals surface area (Å²) in [6.45, 7) is 4.52. The Morgan fingerprint density at radius 3 is 2.90 bits per heavy atom. The molecule has 0 radical (unpaired) electrons. The van der Waals surface area contributed by atoms with Crippen molar-refractivity contribution in [3.8, 4) is 0 Å². The summed E-state index contributed by atoms with van der Waals surface area (Å²) in [4.78, 5) is 12.3. The Bertz CT molecular complexity index is 647. The van der Waals surface area contributed by atoms with Crippen molar-refractivity contribution in [1.82, 2.24) is 15.1 Å². The van der Waals surface area contributed by atoms with E-state index in [2.05, 4.69) is 23.4 Å². The number of aryl methyl sites for hydroxylation is 1. The second-order valence-electron chi connectivity index (χ2n) is 6.20. The first-order chi connectivity index (χ1) is 10.1. The minimum atomic E-state index is 0.0713. The molecule has 2 aromatic rings. The van der Waals surface area contributed by atoms with Gasteiger partial charge in [-0.05, 0) is 31.7 Å². The number of nitrogens with zero attached hydrogens (tertiary/aromatic N) is 2. The molecule has 1 heterocycles. The van der Waals surface area contributed by atoms with Gasteiger partial charge in [-0.15, -0.1) is 0 Å². The highest BCUT2D eigenvalue weighted by atomic mass is 16.2. The van der Waals surface area contributed by atoms with E-state index in [-0.39, 0.29) is 5.91 Å². The highest BCUT2D eigenvalue weighted by Gasteiger charge is 2.23. The fourth-order valence-corrected chi connectivity index (χ4v) is 3.33. The average molecular weight is 285 g/mol. The maximum absolute atomic E-state index is 12.3. The molecule has 21 heavy (non-hydrogen) atoms. The Morgan fingerprint density at radius 2 is 2.10 bits per heavy atom. The van der Waals surface area contributed by atoms with Gasteiger partial charge in [0.1, 0.15) is 6.54 Å². The summed E-state index contributed by atoms with van der Waals surface area (Å²) in [5.74, 6) is 0.654. The first-order valence-corrected chi connectivity index (χ1v) is 7.86. The zero-order chi connectivity index (χ0) is 14.8. The second-order valence-corrected chi connectivity index (χ2v) is 6.20. The summed E-state index contributed by atoms with van der Waals surface area (Å²) in [6, 6.07) is 8.39. The molecule has 0 spiro atoms. The van der Waals surface area contributed by atoms with Gasteiger partial charge in [-0.3, -0.25) is 9.48 Å². The van der Waals surface area contributed by atoms with E-state index in [1.807, 2.05) is 29.8 Å². The van der Waals surface area contributed by atoms with Gasteiger partial charge in [-0.25, -0.2) is 0 Å². The smallest absolute Gasteiger partial charge is 0.241 e. The van der Waals surface area contributed by atoms with Crippen molar-refractivity contribution >= 4 is 16.8 Å². The van der Waals surface area contributed by atoms with Crippen molar-refractivity contribution in [2.45, 2.75) is 52.1 Å². The molecule has 112 valence electrons. The molecule has 1 aromatic heterocycles. The van der Waals surface area contributed by atoms with Gasteiger partial charge in [-0.1, -0.05) is 38.0 Å². The summed E-state index contributed by atoms with van der Waals surface area (Å²) >= 11 is 0. The molecule has 4 heteroatoms. The van der Waals surface area contributed by atoms with Gasteiger partial charge in [0.05, 0.1) is 11.2 Å². The molecule has 1 amide bonds. The SMILES string of the molecule is Cc1nn(CC(=O)N[C@H]2CCCC[C@@H]2C)c2ccccc12. The van der Waals surface area contributed by atoms with E-state index in [0.29, 0.717) is 18.5 Å². The van der Waals surface area contributed by atoms with Crippen LogP contribution in [0.4, 0.5) is 0 Å². The van der Waals surface area contributed by atoms with Gasteiger partial charge >= 0.3 is 0 Å². The summed E-state index contributed by atoms with van der Waals surface area (Å²) in [7, 11) is 0. The number of amides is 1. The maximum Gasteiger partial charge on any atom is 0.241 e. The number of benzene rings is 1. The van der Waals surface area contributed by atoms with E-state index in [9.17, 15) is 4.79 Å². The minimum absolute atomic E-state index is 0.0713. The molecule has 2 atom stereocenters. The lowest BCUT2D eigenvalue weighted by Gasteiger charge is -2.29. The number of hydrogen-bond donors (Lipinski definition) is 1. The lowest BCUT2D eigenvalue weighted by atomic mass is 9.86. The lowest BCUT2D eigenvalue weighted by Crippen LogP contribution is -2.42. The molecule has 3 rings (SSSR count). The Hall–Kier alpha value is -1.84. The molecule has 4 nitrogen and oxygen atoms in total.